The minimum Gasteiger partial charge on any atom is -0.399 e. The molecule has 2 fully saturated rings. The van der Waals surface area contributed by atoms with Crippen LogP contribution in [0.2, 0.25) is 0 Å². The molecule has 1 spiro atoms. The summed E-state index contributed by atoms with van der Waals surface area (Å²) in [6, 6.07) is 6.05. The molecule has 1 aliphatic carbocycles. The lowest BCUT2D eigenvalue weighted by molar-refractivity contribution is -0.117. The number of hydrogen-bond acceptors (Lipinski definition) is 3. The molecule has 0 aromatic heterocycles. The summed E-state index contributed by atoms with van der Waals surface area (Å²) in [6.07, 6.45) is 1.89. The van der Waals surface area contributed by atoms with E-state index in [0.717, 1.165) is 29.6 Å². The maximum atomic E-state index is 12.1. The van der Waals surface area contributed by atoms with Crippen molar-refractivity contribution >= 4 is 24.2 Å². The summed E-state index contributed by atoms with van der Waals surface area (Å²) in [6.45, 7) is 8.20. The number of carbonyl (C=O) groups is 1. The number of amides is 1. The van der Waals surface area contributed by atoms with Crippen molar-refractivity contribution in [2.24, 2.45) is 0 Å². The summed E-state index contributed by atoms with van der Waals surface area (Å²) in [5.41, 5.74) is 2.09. The van der Waals surface area contributed by atoms with E-state index in [1.165, 1.54) is 0 Å². The summed E-state index contributed by atoms with van der Waals surface area (Å²) in [5, 5.41) is 2.98. The largest absolute Gasteiger partial charge is 0.494 e. The lowest BCUT2D eigenvalue weighted by Crippen LogP contribution is -2.41. The van der Waals surface area contributed by atoms with E-state index in [-0.39, 0.29) is 29.6 Å². The Hall–Kier alpha value is -1.33. The maximum Gasteiger partial charge on any atom is 0.494 e. The monoisotopic (exact) mass is 285 g/mol. The lowest BCUT2D eigenvalue weighted by Gasteiger charge is -2.32. The van der Waals surface area contributed by atoms with Crippen molar-refractivity contribution in [2.45, 2.75) is 57.2 Å². The number of rotatable bonds is 1. The molecule has 0 unspecified atom stereocenters. The van der Waals surface area contributed by atoms with Crippen LogP contribution in [-0.4, -0.2) is 24.2 Å². The van der Waals surface area contributed by atoms with E-state index in [1.54, 1.807) is 0 Å². The molecule has 1 saturated heterocycles. The first-order valence-electron chi connectivity index (χ1n) is 7.57. The summed E-state index contributed by atoms with van der Waals surface area (Å²) in [4.78, 5) is 12.1. The van der Waals surface area contributed by atoms with E-state index >= 15 is 0 Å². The Labute approximate surface area is 125 Å². The van der Waals surface area contributed by atoms with Gasteiger partial charge in [0.05, 0.1) is 16.6 Å². The SMILES string of the molecule is CC1(C)OB(c2ccc3c(c2)C2(CC2)C(=O)N3)OC1(C)C. The molecule has 1 amide bonds. The molecule has 1 saturated carbocycles. The zero-order valence-electron chi connectivity index (χ0n) is 12.9. The first-order chi connectivity index (χ1) is 9.75. The Morgan fingerprint density at radius 1 is 1.10 bits per heavy atom. The molecule has 2 heterocycles. The van der Waals surface area contributed by atoms with E-state index in [4.69, 9.17) is 9.31 Å². The van der Waals surface area contributed by atoms with Gasteiger partial charge in [0, 0.05) is 5.69 Å². The minimum atomic E-state index is -0.369. The zero-order valence-corrected chi connectivity index (χ0v) is 12.9. The smallest absolute Gasteiger partial charge is 0.399 e. The minimum absolute atomic E-state index is 0.142. The quantitative estimate of drug-likeness (QED) is 0.802. The second-order valence-electron chi connectivity index (χ2n) is 7.43. The Kier molecular flexibility index (Phi) is 2.36. The molecule has 0 radical (unpaired) electrons. The van der Waals surface area contributed by atoms with Crippen LogP contribution in [0.25, 0.3) is 0 Å². The van der Waals surface area contributed by atoms with Gasteiger partial charge in [-0.05, 0) is 57.6 Å². The van der Waals surface area contributed by atoms with Gasteiger partial charge in [-0.25, -0.2) is 0 Å². The first kappa shape index (κ1) is 13.3. The van der Waals surface area contributed by atoms with E-state index < -0.39 is 0 Å². The van der Waals surface area contributed by atoms with E-state index in [9.17, 15) is 4.79 Å². The molecular weight excluding hydrogens is 265 g/mol. The third-order valence-electron chi connectivity index (χ3n) is 5.52. The summed E-state index contributed by atoms with van der Waals surface area (Å²) >= 11 is 0. The maximum absolute atomic E-state index is 12.1. The fraction of sp³-hybridized carbons (Fsp3) is 0.562. The Morgan fingerprint density at radius 2 is 1.71 bits per heavy atom. The van der Waals surface area contributed by atoms with Crippen molar-refractivity contribution in [3.63, 3.8) is 0 Å². The number of nitrogens with one attached hydrogen (secondary N) is 1. The normalized spacial score (nSPS) is 26.9. The first-order valence-corrected chi connectivity index (χ1v) is 7.57. The highest BCUT2D eigenvalue weighted by Crippen LogP contribution is 2.54. The van der Waals surface area contributed by atoms with Crippen LogP contribution < -0.4 is 10.8 Å². The Balaban J connectivity index is 1.70. The van der Waals surface area contributed by atoms with Gasteiger partial charge in [0.1, 0.15) is 0 Å². The molecule has 5 heteroatoms. The van der Waals surface area contributed by atoms with E-state index in [2.05, 4.69) is 11.4 Å². The van der Waals surface area contributed by atoms with Crippen LogP contribution in [-0.2, 0) is 19.5 Å². The molecule has 0 atom stereocenters. The number of benzene rings is 1. The third-order valence-corrected chi connectivity index (χ3v) is 5.52. The fourth-order valence-corrected chi connectivity index (χ4v) is 3.18. The van der Waals surface area contributed by atoms with Crippen molar-refractivity contribution in [1.82, 2.24) is 0 Å². The van der Waals surface area contributed by atoms with E-state index in [0.29, 0.717) is 0 Å². The zero-order chi connectivity index (χ0) is 15.0. The Morgan fingerprint density at radius 3 is 2.29 bits per heavy atom. The summed E-state index contributed by atoms with van der Waals surface area (Å²) in [7, 11) is -0.369. The van der Waals surface area contributed by atoms with Crippen LogP contribution in [0.15, 0.2) is 18.2 Å². The van der Waals surface area contributed by atoms with Crippen molar-refractivity contribution in [3.8, 4) is 0 Å². The molecule has 110 valence electrons. The van der Waals surface area contributed by atoms with Crippen LogP contribution in [0.5, 0.6) is 0 Å². The fourth-order valence-electron chi connectivity index (χ4n) is 3.18. The summed E-state index contributed by atoms with van der Waals surface area (Å²) in [5.74, 6) is 0.142. The van der Waals surface area contributed by atoms with Crippen LogP contribution >= 0.6 is 0 Å². The second kappa shape index (κ2) is 3.71. The molecule has 1 aromatic rings. The van der Waals surface area contributed by atoms with Gasteiger partial charge in [0.25, 0.3) is 0 Å². The Bertz CT molecular complexity index is 633. The van der Waals surface area contributed by atoms with Crippen molar-refractivity contribution in [1.29, 1.82) is 0 Å². The van der Waals surface area contributed by atoms with Crippen LogP contribution in [0.3, 0.4) is 0 Å². The van der Waals surface area contributed by atoms with Gasteiger partial charge >= 0.3 is 7.12 Å². The average Bonchev–Trinajstić information content (AvgIpc) is 3.08. The molecule has 3 aliphatic rings. The number of hydrogen-bond donors (Lipinski definition) is 1. The van der Waals surface area contributed by atoms with Gasteiger partial charge in [0.15, 0.2) is 0 Å². The highest BCUT2D eigenvalue weighted by Gasteiger charge is 2.57. The van der Waals surface area contributed by atoms with Gasteiger partial charge in [-0.1, -0.05) is 12.1 Å². The van der Waals surface area contributed by atoms with Crippen molar-refractivity contribution < 1.29 is 14.1 Å². The molecule has 0 bridgehead atoms. The number of carbonyl (C=O) groups excluding carboxylic acids is 1. The lowest BCUT2D eigenvalue weighted by atomic mass is 9.77. The molecule has 4 rings (SSSR count). The molecule has 1 N–H and O–H groups in total. The topological polar surface area (TPSA) is 47.6 Å². The molecular formula is C16H20BNO3. The number of fused-ring (bicyclic) bond motifs is 2. The predicted octanol–water partition coefficient (Wildman–Crippen LogP) is 1.97. The van der Waals surface area contributed by atoms with Crippen molar-refractivity contribution in [2.75, 3.05) is 5.32 Å². The molecule has 21 heavy (non-hydrogen) atoms. The van der Waals surface area contributed by atoms with Gasteiger partial charge in [-0.2, -0.15) is 0 Å². The standard InChI is InChI=1S/C16H20BNO3/c1-14(2)15(3,4)21-17(20-14)10-5-6-12-11(9-10)16(7-8-16)13(19)18-12/h5-6,9H,7-8H2,1-4H3,(H,18,19). The highest BCUT2D eigenvalue weighted by molar-refractivity contribution is 6.62. The van der Waals surface area contributed by atoms with Gasteiger partial charge in [0.2, 0.25) is 5.91 Å². The number of anilines is 1. The van der Waals surface area contributed by atoms with E-state index in [1.807, 2.05) is 39.8 Å². The van der Waals surface area contributed by atoms with Crippen LogP contribution in [0.4, 0.5) is 5.69 Å². The summed E-state index contributed by atoms with van der Waals surface area (Å²) < 4.78 is 12.2. The van der Waals surface area contributed by atoms with Gasteiger partial charge in [-0.15, -0.1) is 0 Å². The molecule has 4 nitrogen and oxygen atoms in total. The van der Waals surface area contributed by atoms with Crippen LogP contribution in [0.1, 0.15) is 46.1 Å². The molecule has 1 aromatic carbocycles. The highest BCUT2D eigenvalue weighted by atomic mass is 16.7. The van der Waals surface area contributed by atoms with Crippen LogP contribution in [0, 0.1) is 0 Å². The van der Waals surface area contributed by atoms with Gasteiger partial charge < -0.3 is 14.6 Å². The predicted molar refractivity (Wildman–Crippen MR) is 81.7 cm³/mol. The van der Waals surface area contributed by atoms with Gasteiger partial charge in [-0.3, -0.25) is 4.79 Å². The third kappa shape index (κ3) is 1.68. The average molecular weight is 285 g/mol. The second-order valence-corrected chi connectivity index (χ2v) is 7.43. The molecule has 2 aliphatic heterocycles. The van der Waals surface area contributed by atoms with Crippen molar-refractivity contribution in [3.05, 3.63) is 23.8 Å².